The zero-order valence-corrected chi connectivity index (χ0v) is 15.9. The molecule has 0 aliphatic carbocycles. The molecule has 0 spiro atoms. The minimum atomic E-state index is 0.0331. The molecule has 7 heteroatoms. The average Bonchev–Trinajstić information content (AvgIpc) is 3.11. The molecule has 0 saturated heterocycles. The van der Waals surface area contributed by atoms with Gasteiger partial charge < -0.3 is 20.5 Å². The number of anilines is 2. The smallest absolute Gasteiger partial charge is 0.163 e. The maximum Gasteiger partial charge on any atom is 0.163 e. The predicted octanol–water partition coefficient (Wildman–Crippen LogP) is 2.89. The highest BCUT2D eigenvalue weighted by atomic mass is 16.5. The minimum absolute atomic E-state index is 0.0331. The Balaban J connectivity index is 1.81. The summed E-state index contributed by atoms with van der Waals surface area (Å²) in [6.45, 7) is 6.49. The number of aromatic nitrogens is 3. The van der Waals surface area contributed by atoms with Crippen LogP contribution >= 0.6 is 0 Å². The molecule has 3 aromatic rings. The third-order valence-electron chi connectivity index (χ3n) is 4.23. The van der Waals surface area contributed by atoms with Crippen molar-refractivity contribution >= 4 is 17.3 Å². The summed E-state index contributed by atoms with van der Waals surface area (Å²) >= 11 is 0. The van der Waals surface area contributed by atoms with Gasteiger partial charge in [-0.3, -0.25) is 0 Å². The summed E-state index contributed by atoms with van der Waals surface area (Å²) in [5.41, 5.74) is 3.16. The first-order chi connectivity index (χ1) is 13.2. The fraction of sp³-hybridized carbons (Fsp3) is 0.400. The Bertz CT molecular complexity index is 848. The molecule has 0 amide bonds. The van der Waals surface area contributed by atoms with Gasteiger partial charge in [0.25, 0.3) is 0 Å². The highest BCUT2D eigenvalue weighted by molar-refractivity contribution is 5.61. The fourth-order valence-electron chi connectivity index (χ4n) is 2.81. The predicted molar refractivity (Wildman–Crippen MR) is 107 cm³/mol. The molecule has 144 valence electrons. The molecule has 0 aliphatic heterocycles. The number of nitrogens with one attached hydrogen (secondary N) is 2. The second kappa shape index (κ2) is 9.34. The van der Waals surface area contributed by atoms with E-state index in [4.69, 9.17) is 14.8 Å². The van der Waals surface area contributed by atoms with Crippen LogP contribution in [0.4, 0.5) is 11.6 Å². The molecule has 2 heterocycles. The number of rotatable bonds is 10. The number of ether oxygens (including phenoxy) is 1. The molecule has 2 aromatic heterocycles. The van der Waals surface area contributed by atoms with Gasteiger partial charge in [0.15, 0.2) is 5.65 Å². The molecule has 0 aliphatic rings. The summed E-state index contributed by atoms with van der Waals surface area (Å²) in [6, 6.07) is 12.2. The number of benzene rings is 1. The van der Waals surface area contributed by atoms with Crippen molar-refractivity contribution in [3.8, 4) is 0 Å². The first-order valence-corrected chi connectivity index (χ1v) is 9.28. The van der Waals surface area contributed by atoms with Crippen LogP contribution in [0.5, 0.6) is 0 Å². The average molecular weight is 369 g/mol. The van der Waals surface area contributed by atoms with E-state index in [1.165, 1.54) is 5.56 Å². The molecule has 1 aromatic carbocycles. The second-order valence-electron chi connectivity index (χ2n) is 6.62. The maximum absolute atomic E-state index is 8.77. The van der Waals surface area contributed by atoms with E-state index in [1.54, 1.807) is 0 Å². The molecule has 0 atom stereocenters. The van der Waals surface area contributed by atoms with Gasteiger partial charge in [-0.05, 0) is 11.5 Å². The summed E-state index contributed by atoms with van der Waals surface area (Å²) < 4.78 is 7.15. The van der Waals surface area contributed by atoms with E-state index < -0.39 is 0 Å². The highest BCUT2D eigenvalue weighted by Crippen LogP contribution is 2.24. The quantitative estimate of drug-likeness (QED) is 0.477. The lowest BCUT2D eigenvalue weighted by atomic mass is 10.1. The van der Waals surface area contributed by atoms with Crippen molar-refractivity contribution in [3.05, 3.63) is 53.7 Å². The van der Waals surface area contributed by atoms with Crippen LogP contribution in [-0.4, -0.2) is 46.1 Å². The molecule has 7 nitrogen and oxygen atoms in total. The highest BCUT2D eigenvalue weighted by Gasteiger charge is 2.14. The Morgan fingerprint density at radius 3 is 2.70 bits per heavy atom. The Labute approximate surface area is 159 Å². The van der Waals surface area contributed by atoms with Crippen molar-refractivity contribution in [2.24, 2.45) is 0 Å². The van der Waals surface area contributed by atoms with Gasteiger partial charge in [-0.2, -0.15) is 9.61 Å². The first kappa shape index (κ1) is 19.1. The van der Waals surface area contributed by atoms with Gasteiger partial charge in [0.05, 0.1) is 26.0 Å². The van der Waals surface area contributed by atoms with Gasteiger partial charge in [-0.25, -0.2) is 4.98 Å². The van der Waals surface area contributed by atoms with Crippen molar-refractivity contribution in [1.82, 2.24) is 14.6 Å². The van der Waals surface area contributed by atoms with Crippen molar-refractivity contribution < 1.29 is 9.84 Å². The summed E-state index contributed by atoms with van der Waals surface area (Å²) in [5, 5.41) is 20.1. The van der Waals surface area contributed by atoms with E-state index >= 15 is 0 Å². The van der Waals surface area contributed by atoms with Crippen LogP contribution in [0.3, 0.4) is 0 Å². The lowest BCUT2D eigenvalue weighted by molar-refractivity contribution is 0.0992. The van der Waals surface area contributed by atoms with Gasteiger partial charge in [0.2, 0.25) is 0 Å². The summed E-state index contributed by atoms with van der Waals surface area (Å²) in [6.07, 6.45) is 1.88. The zero-order chi connectivity index (χ0) is 19.1. The lowest BCUT2D eigenvalue weighted by Gasteiger charge is -2.13. The molecule has 0 bridgehead atoms. The van der Waals surface area contributed by atoms with E-state index in [0.717, 1.165) is 22.8 Å². The topological polar surface area (TPSA) is 83.7 Å². The molecule has 3 N–H and O–H groups in total. The fourth-order valence-corrected chi connectivity index (χ4v) is 2.81. The first-order valence-electron chi connectivity index (χ1n) is 9.28. The van der Waals surface area contributed by atoms with Gasteiger partial charge in [0, 0.05) is 24.7 Å². The van der Waals surface area contributed by atoms with Gasteiger partial charge in [-0.1, -0.05) is 44.2 Å². The van der Waals surface area contributed by atoms with Crippen molar-refractivity contribution in [2.45, 2.75) is 26.3 Å². The SMILES string of the molecule is CC(C)c1cnn2c(NCc3ccccc3)cc(NCCOCCO)nc12. The van der Waals surface area contributed by atoms with Gasteiger partial charge in [0.1, 0.15) is 11.6 Å². The number of aliphatic hydroxyl groups is 1. The Kier molecular flexibility index (Phi) is 6.62. The summed E-state index contributed by atoms with van der Waals surface area (Å²) in [5.74, 6) is 1.99. The van der Waals surface area contributed by atoms with E-state index in [0.29, 0.717) is 32.2 Å². The van der Waals surface area contributed by atoms with Gasteiger partial charge >= 0.3 is 0 Å². The maximum atomic E-state index is 8.77. The van der Waals surface area contributed by atoms with Crippen LogP contribution in [0.15, 0.2) is 42.6 Å². The van der Waals surface area contributed by atoms with E-state index in [1.807, 2.05) is 35.0 Å². The summed E-state index contributed by atoms with van der Waals surface area (Å²) in [4.78, 5) is 4.73. The molecular weight excluding hydrogens is 342 g/mol. The molecular formula is C20H27N5O2. The van der Waals surface area contributed by atoms with Gasteiger partial charge in [-0.15, -0.1) is 0 Å². The molecule has 0 saturated carbocycles. The molecule has 3 rings (SSSR count). The Morgan fingerprint density at radius 1 is 1.15 bits per heavy atom. The van der Waals surface area contributed by atoms with Crippen LogP contribution in [0.2, 0.25) is 0 Å². The molecule has 0 fully saturated rings. The third-order valence-corrected chi connectivity index (χ3v) is 4.23. The number of nitrogens with zero attached hydrogens (tertiary/aromatic N) is 3. The second-order valence-corrected chi connectivity index (χ2v) is 6.62. The van der Waals surface area contributed by atoms with E-state index in [-0.39, 0.29) is 6.61 Å². The monoisotopic (exact) mass is 369 g/mol. The normalized spacial score (nSPS) is 11.3. The lowest BCUT2D eigenvalue weighted by Crippen LogP contribution is -2.14. The largest absolute Gasteiger partial charge is 0.394 e. The van der Waals surface area contributed by atoms with Crippen LogP contribution in [0.1, 0.15) is 30.9 Å². The zero-order valence-electron chi connectivity index (χ0n) is 15.9. The molecule has 0 radical (unpaired) electrons. The molecule has 0 unspecified atom stereocenters. The number of hydrogen-bond donors (Lipinski definition) is 3. The summed E-state index contributed by atoms with van der Waals surface area (Å²) in [7, 11) is 0. The van der Waals surface area contributed by atoms with Crippen molar-refractivity contribution in [3.63, 3.8) is 0 Å². The number of hydrogen-bond acceptors (Lipinski definition) is 6. The third kappa shape index (κ3) is 4.96. The van der Waals surface area contributed by atoms with Crippen molar-refractivity contribution in [2.75, 3.05) is 37.0 Å². The molecule has 27 heavy (non-hydrogen) atoms. The number of aliphatic hydroxyl groups excluding tert-OH is 1. The standard InChI is InChI=1S/C20H27N5O2/c1-15(2)17-14-23-25-19(22-13-16-6-4-3-5-7-16)12-18(24-20(17)25)21-8-10-27-11-9-26/h3-7,12,14-15,22,26H,8-11,13H2,1-2H3,(H,21,24). The van der Waals surface area contributed by atoms with Crippen molar-refractivity contribution in [1.29, 1.82) is 0 Å². The van der Waals surface area contributed by atoms with Crippen LogP contribution in [-0.2, 0) is 11.3 Å². The Hall–Kier alpha value is -2.64. The van der Waals surface area contributed by atoms with E-state index in [9.17, 15) is 0 Å². The Morgan fingerprint density at radius 2 is 1.96 bits per heavy atom. The van der Waals surface area contributed by atoms with Crippen LogP contribution in [0, 0.1) is 0 Å². The minimum Gasteiger partial charge on any atom is -0.394 e. The number of fused-ring (bicyclic) bond motifs is 1. The van der Waals surface area contributed by atoms with Crippen LogP contribution in [0.25, 0.3) is 5.65 Å². The van der Waals surface area contributed by atoms with Crippen LogP contribution < -0.4 is 10.6 Å². The van der Waals surface area contributed by atoms with E-state index in [2.05, 4.69) is 41.7 Å².